The first-order valence-corrected chi connectivity index (χ1v) is 5.82. The summed E-state index contributed by atoms with van der Waals surface area (Å²) in [6.07, 6.45) is 2.16. The van der Waals surface area contributed by atoms with Crippen LogP contribution in [0.1, 0.15) is 18.4 Å². The number of rotatable bonds is 1. The number of benzene rings is 1. The number of hydrogen-bond donors (Lipinski definition) is 1. The zero-order valence-corrected chi connectivity index (χ0v) is 10.1. The van der Waals surface area contributed by atoms with E-state index in [-0.39, 0.29) is 5.54 Å². The summed E-state index contributed by atoms with van der Waals surface area (Å²) in [6.45, 7) is 0. The van der Waals surface area contributed by atoms with Crippen molar-refractivity contribution < 1.29 is 0 Å². The first-order chi connectivity index (χ1) is 7.12. The van der Waals surface area contributed by atoms with Crippen molar-refractivity contribution in [1.82, 2.24) is 9.78 Å². The molecule has 1 saturated carbocycles. The Morgan fingerprint density at radius 3 is 2.87 bits per heavy atom. The molecule has 1 heterocycles. The number of aromatic nitrogens is 2. The largest absolute Gasteiger partial charge is 0.321 e. The average Bonchev–Trinajstić information content (AvgIpc) is 2.89. The Bertz CT molecular complexity index is 540. The molecule has 2 N–H and O–H groups in total. The molecule has 1 aliphatic rings. The minimum atomic E-state index is -0.104. The summed E-state index contributed by atoms with van der Waals surface area (Å²) in [7, 11) is 1.96. The van der Waals surface area contributed by atoms with Gasteiger partial charge in [0.2, 0.25) is 0 Å². The van der Waals surface area contributed by atoms with Crippen molar-refractivity contribution in [3.05, 3.63) is 28.4 Å². The van der Waals surface area contributed by atoms with Crippen LogP contribution in [0.25, 0.3) is 10.9 Å². The minimum absolute atomic E-state index is 0.104. The maximum atomic E-state index is 6.26. The van der Waals surface area contributed by atoms with E-state index in [4.69, 9.17) is 5.73 Å². The van der Waals surface area contributed by atoms with Gasteiger partial charge < -0.3 is 5.73 Å². The van der Waals surface area contributed by atoms with E-state index in [9.17, 15) is 0 Å². The summed E-state index contributed by atoms with van der Waals surface area (Å²) < 4.78 is 2.80. The molecule has 1 fully saturated rings. The number of para-hydroxylation sites is 1. The van der Waals surface area contributed by atoms with Crippen LogP contribution in [0.3, 0.4) is 0 Å². The molecule has 0 bridgehead atoms. The van der Waals surface area contributed by atoms with Crippen molar-refractivity contribution in [2.24, 2.45) is 12.8 Å². The fourth-order valence-corrected chi connectivity index (χ4v) is 2.66. The van der Waals surface area contributed by atoms with E-state index in [0.29, 0.717) is 0 Å². The Morgan fingerprint density at radius 2 is 2.20 bits per heavy atom. The summed E-state index contributed by atoms with van der Waals surface area (Å²) in [5.74, 6) is 0. The van der Waals surface area contributed by atoms with Crippen molar-refractivity contribution in [2.45, 2.75) is 18.4 Å². The van der Waals surface area contributed by atoms with Gasteiger partial charge in [-0.15, -0.1) is 0 Å². The third-order valence-electron chi connectivity index (χ3n) is 3.14. The molecular formula is C11H12BrN3. The van der Waals surface area contributed by atoms with Gasteiger partial charge in [0.05, 0.1) is 5.52 Å². The fraction of sp³-hybridized carbons (Fsp3) is 0.364. The van der Waals surface area contributed by atoms with Crippen LogP contribution >= 0.6 is 15.9 Å². The molecule has 0 spiro atoms. The van der Waals surface area contributed by atoms with E-state index in [1.165, 1.54) is 5.56 Å². The van der Waals surface area contributed by atoms with Gasteiger partial charge in [-0.3, -0.25) is 4.68 Å². The standard InChI is InChI=1S/C11H12BrN3/c1-15-9-7(10(12)14-15)3-2-4-8(9)11(13)5-6-11/h2-4H,5-6,13H2,1H3. The Balaban J connectivity index is 2.39. The Kier molecular flexibility index (Phi) is 1.77. The molecule has 0 aliphatic heterocycles. The molecule has 0 saturated heterocycles. The van der Waals surface area contributed by atoms with Crippen molar-refractivity contribution in [2.75, 3.05) is 0 Å². The van der Waals surface area contributed by atoms with Crippen molar-refractivity contribution in [3.8, 4) is 0 Å². The summed E-state index contributed by atoms with van der Waals surface area (Å²) in [4.78, 5) is 0. The molecule has 1 aromatic heterocycles. The second-order valence-corrected chi connectivity index (χ2v) is 5.02. The summed E-state index contributed by atoms with van der Waals surface area (Å²) >= 11 is 3.47. The highest BCUT2D eigenvalue weighted by molar-refractivity contribution is 9.10. The van der Waals surface area contributed by atoms with Gasteiger partial charge in [0.1, 0.15) is 4.60 Å². The fourth-order valence-electron chi connectivity index (χ4n) is 2.10. The summed E-state index contributed by atoms with van der Waals surface area (Å²) in [5.41, 5.74) is 8.53. The third-order valence-corrected chi connectivity index (χ3v) is 3.73. The molecule has 0 atom stereocenters. The second kappa shape index (κ2) is 2.83. The van der Waals surface area contributed by atoms with Crippen molar-refractivity contribution >= 4 is 26.8 Å². The molecule has 2 aromatic rings. The van der Waals surface area contributed by atoms with Crippen LogP contribution in [0.4, 0.5) is 0 Å². The Hall–Kier alpha value is -0.870. The zero-order valence-electron chi connectivity index (χ0n) is 8.50. The predicted octanol–water partition coefficient (Wildman–Crippen LogP) is 2.28. The smallest absolute Gasteiger partial charge is 0.135 e. The SMILES string of the molecule is Cn1nc(Br)c2cccc(C3(N)CC3)c21. The molecule has 0 radical (unpaired) electrons. The number of nitrogens with zero attached hydrogens (tertiary/aromatic N) is 2. The number of aryl methyl sites for hydroxylation is 1. The molecule has 1 aliphatic carbocycles. The van der Waals surface area contributed by atoms with Crippen LogP contribution in [0.15, 0.2) is 22.8 Å². The van der Waals surface area contributed by atoms with Crippen LogP contribution in [-0.4, -0.2) is 9.78 Å². The van der Waals surface area contributed by atoms with Crippen LogP contribution in [-0.2, 0) is 12.6 Å². The van der Waals surface area contributed by atoms with E-state index in [2.05, 4.69) is 39.2 Å². The van der Waals surface area contributed by atoms with Crippen molar-refractivity contribution in [3.63, 3.8) is 0 Å². The number of fused-ring (bicyclic) bond motifs is 1. The highest BCUT2D eigenvalue weighted by Gasteiger charge is 2.41. The predicted molar refractivity (Wildman–Crippen MR) is 63.5 cm³/mol. The first-order valence-electron chi connectivity index (χ1n) is 5.02. The number of hydrogen-bond acceptors (Lipinski definition) is 2. The molecule has 4 heteroatoms. The van der Waals surface area contributed by atoms with Gasteiger partial charge >= 0.3 is 0 Å². The van der Waals surface area contributed by atoms with Gasteiger partial charge in [-0.25, -0.2) is 0 Å². The van der Waals surface area contributed by atoms with Crippen LogP contribution in [0, 0.1) is 0 Å². The van der Waals surface area contributed by atoms with Crippen LogP contribution < -0.4 is 5.73 Å². The lowest BCUT2D eigenvalue weighted by Crippen LogP contribution is -2.19. The van der Waals surface area contributed by atoms with E-state index in [0.717, 1.165) is 28.3 Å². The molecule has 15 heavy (non-hydrogen) atoms. The molecule has 0 amide bonds. The molecule has 78 valence electrons. The van der Waals surface area contributed by atoms with Gasteiger partial charge in [0.15, 0.2) is 0 Å². The third kappa shape index (κ3) is 1.25. The summed E-state index contributed by atoms with van der Waals surface area (Å²) in [5, 5.41) is 5.52. The van der Waals surface area contributed by atoms with Gasteiger partial charge in [0, 0.05) is 18.0 Å². The number of nitrogens with two attached hydrogens (primary N) is 1. The first kappa shape index (κ1) is 9.36. The monoisotopic (exact) mass is 265 g/mol. The van der Waals surface area contributed by atoms with Gasteiger partial charge in [-0.2, -0.15) is 5.10 Å². The average molecular weight is 266 g/mol. The maximum absolute atomic E-state index is 6.26. The summed E-state index contributed by atoms with van der Waals surface area (Å²) in [6, 6.07) is 6.24. The molecular weight excluding hydrogens is 254 g/mol. The quantitative estimate of drug-likeness (QED) is 0.860. The molecule has 0 unspecified atom stereocenters. The topological polar surface area (TPSA) is 43.8 Å². The highest BCUT2D eigenvalue weighted by Crippen LogP contribution is 2.45. The molecule has 3 nitrogen and oxygen atoms in total. The zero-order chi connectivity index (χ0) is 10.6. The van der Waals surface area contributed by atoms with Crippen LogP contribution in [0.5, 0.6) is 0 Å². The van der Waals surface area contributed by atoms with Gasteiger partial charge in [0.25, 0.3) is 0 Å². The second-order valence-electron chi connectivity index (χ2n) is 4.27. The maximum Gasteiger partial charge on any atom is 0.135 e. The van der Waals surface area contributed by atoms with Crippen molar-refractivity contribution in [1.29, 1.82) is 0 Å². The Labute approximate surface area is 96.4 Å². The highest BCUT2D eigenvalue weighted by atomic mass is 79.9. The molecule has 3 rings (SSSR count). The lowest BCUT2D eigenvalue weighted by molar-refractivity contribution is 0.724. The van der Waals surface area contributed by atoms with Gasteiger partial charge in [-0.05, 0) is 34.3 Å². The number of halogens is 1. The minimum Gasteiger partial charge on any atom is -0.321 e. The normalized spacial score (nSPS) is 18.3. The molecule has 1 aromatic carbocycles. The van der Waals surface area contributed by atoms with E-state index in [1.807, 2.05) is 11.7 Å². The van der Waals surface area contributed by atoms with E-state index < -0.39 is 0 Å². The van der Waals surface area contributed by atoms with Crippen LogP contribution in [0.2, 0.25) is 0 Å². The van der Waals surface area contributed by atoms with E-state index >= 15 is 0 Å². The van der Waals surface area contributed by atoms with E-state index in [1.54, 1.807) is 0 Å². The Morgan fingerprint density at radius 1 is 1.47 bits per heavy atom. The van der Waals surface area contributed by atoms with Gasteiger partial charge in [-0.1, -0.05) is 18.2 Å². The lowest BCUT2D eigenvalue weighted by Gasteiger charge is -2.11. The lowest BCUT2D eigenvalue weighted by atomic mass is 10.0.